The summed E-state index contributed by atoms with van der Waals surface area (Å²) in [6.45, 7) is 0.417. The third kappa shape index (κ3) is 3.10. The quantitative estimate of drug-likeness (QED) is 0.571. The Hall–Kier alpha value is -1.61. The summed E-state index contributed by atoms with van der Waals surface area (Å²) in [7, 11) is 0. The zero-order chi connectivity index (χ0) is 14.8. The lowest BCUT2D eigenvalue weighted by molar-refractivity contribution is -0.141. The van der Waals surface area contributed by atoms with E-state index in [2.05, 4.69) is 9.97 Å². The summed E-state index contributed by atoms with van der Waals surface area (Å²) in [5.41, 5.74) is 0.983. The van der Waals surface area contributed by atoms with Gasteiger partial charge < -0.3 is 10.0 Å². The van der Waals surface area contributed by atoms with E-state index in [4.69, 9.17) is 5.84 Å². The smallest absolute Gasteiger partial charge is 0.394 e. The van der Waals surface area contributed by atoms with E-state index in [1.54, 1.807) is 4.90 Å². The minimum absolute atomic E-state index is 0.124. The van der Waals surface area contributed by atoms with Crippen LogP contribution in [-0.4, -0.2) is 34.3 Å². The first-order valence-corrected chi connectivity index (χ1v) is 6.26. The van der Waals surface area contributed by atoms with Crippen LogP contribution in [0.2, 0.25) is 0 Å². The number of alkyl halides is 3. The Morgan fingerprint density at radius 3 is 2.75 bits per heavy atom. The topological polar surface area (TPSA) is 87.3 Å². The number of halogens is 3. The molecule has 2 rings (SSSR count). The van der Waals surface area contributed by atoms with Crippen LogP contribution in [-0.2, 0) is 6.18 Å². The van der Waals surface area contributed by atoms with Gasteiger partial charge in [-0.05, 0) is 19.3 Å². The number of nitrogens with zero attached hydrogens (tertiary/aromatic N) is 3. The largest absolute Gasteiger partial charge is 0.433 e. The van der Waals surface area contributed by atoms with Crippen LogP contribution < -0.4 is 16.2 Å². The number of hydrazine groups is 1. The molecule has 1 unspecified atom stereocenters. The number of rotatable bonds is 3. The van der Waals surface area contributed by atoms with Gasteiger partial charge in [-0.1, -0.05) is 0 Å². The van der Waals surface area contributed by atoms with E-state index in [9.17, 15) is 18.3 Å². The number of hydrogen-bond acceptors (Lipinski definition) is 6. The minimum Gasteiger partial charge on any atom is -0.394 e. The lowest BCUT2D eigenvalue weighted by atomic mass is 10.0. The van der Waals surface area contributed by atoms with Crippen LogP contribution in [0.3, 0.4) is 0 Å². The van der Waals surface area contributed by atoms with Crippen molar-refractivity contribution in [1.29, 1.82) is 0 Å². The fourth-order valence-electron chi connectivity index (χ4n) is 2.28. The zero-order valence-corrected chi connectivity index (χ0v) is 10.7. The van der Waals surface area contributed by atoms with E-state index in [1.165, 1.54) is 0 Å². The Bertz CT molecular complexity index is 468. The maximum absolute atomic E-state index is 12.8. The van der Waals surface area contributed by atoms with Crippen molar-refractivity contribution in [3.05, 3.63) is 11.8 Å². The van der Waals surface area contributed by atoms with Gasteiger partial charge >= 0.3 is 6.18 Å². The first kappa shape index (κ1) is 14.8. The number of nitrogen functional groups attached to an aromatic ring is 1. The molecule has 0 aliphatic carbocycles. The van der Waals surface area contributed by atoms with Crippen LogP contribution in [0.1, 0.15) is 25.0 Å². The van der Waals surface area contributed by atoms with Gasteiger partial charge in [0.1, 0.15) is 5.82 Å². The van der Waals surface area contributed by atoms with Gasteiger partial charge in [-0.3, -0.25) is 5.43 Å². The average Bonchev–Trinajstić information content (AvgIpc) is 2.45. The van der Waals surface area contributed by atoms with E-state index in [0.717, 1.165) is 18.9 Å². The van der Waals surface area contributed by atoms with Crippen LogP contribution in [0.4, 0.5) is 24.9 Å². The summed E-state index contributed by atoms with van der Waals surface area (Å²) in [5.74, 6) is 4.95. The standard InChI is InChI=1S/C11H16F3N5O/c12-11(13,14)8-5-9(17-10(16-8)18-15)19-4-2-1-3-7(19)6-20/h5,7,20H,1-4,6,15H2,(H,16,17,18). The number of aliphatic hydroxyl groups is 1. The van der Waals surface area contributed by atoms with E-state index < -0.39 is 11.9 Å². The second-order valence-electron chi connectivity index (χ2n) is 4.60. The van der Waals surface area contributed by atoms with Gasteiger partial charge in [0.05, 0.1) is 12.6 Å². The average molecular weight is 291 g/mol. The summed E-state index contributed by atoms with van der Waals surface area (Å²) in [6, 6.07) is 0.653. The Kier molecular flexibility index (Phi) is 4.29. The first-order chi connectivity index (χ1) is 9.45. The molecule has 0 bridgehead atoms. The Labute approximate surface area is 113 Å². The van der Waals surface area contributed by atoms with E-state index in [-0.39, 0.29) is 24.4 Å². The molecule has 1 aromatic heterocycles. The third-order valence-electron chi connectivity index (χ3n) is 3.26. The number of aliphatic hydroxyl groups excluding tert-OH is 1. The van der Waals surface area contributed by atoms with Gasteiger partial charge in [0.2, 0.25) is 5.95 Å². The molecule has 0 radical (unpaired) electrons. The molecule has 0 aromatic carbocycles. The minimum atomic E-state index is -4.58. The molecule has 0 saturated carbocycles. The summed E-state index contributed by atoms with van der Waals surface area (Å²) in [4.78, 5) is 8.93. The summed E-state index contributed by atoms with van der Waals surface area (Å²) in [6.07, 6.45) is -2.09. The van der Waals surface area contributed by atoms with E-state index in [0.29, 0.717) is 13.0 Å². The van der Waals surface area contributed by atoms with Crippen molar-refractivity contribution in [2.75, 3.05) is 23.5 Å². The van der Waals surface area contributed by atoms with Crippen LogP contribution >= 0.6 is 0 Å². The predicted molar refractivity (Wildman–Crippen MR) is 66.9 cm³/mol. The number of nitrogens with two attached hydrogens (primary N) is 1. The number of anilines is 2. The molecular weight excluding hydrogens is 275 g/mol. The highest BCUT2D eigenvalue weighted by Gasteiger charge is 2.35. The second kappa shape index (κ2) is 5.80. The Morgan fingerprint density at radius 1 is 1.40 bits per heavy atom. The van der Waals surface area contributed by atoms with Crippen LogP contribution in [0.15, 0.2) is 6.07 Å². The fourth-order valence-corrected chi connectivity index (χ4v) is 2.28. The van der Waals surface area contributed by atoms with Crippen molar-refractivity contribution in [2.45, 2.75) is 31.5 Å². The molecule has 20 heavy (non-hydrogen) atoms. The molecule has 1 aliphatic rings. The van der Waals surface area contributed by atoms with Gasteiger partial charge in [0.25, 0.3) is 0 Å². The molecule has 1 saturated heterocycles. The molecule has 0 spiro atoms. The van der Waals surface area contributed by atoms with Gasteiger partial charge in [-0.25, -0.2) is 10.8 Å². The maximum atomic E-state index is 12.8. The highest BCUT2D eigenvalue weighted by molar-refractivity contribution is 5.46. The Morgan fingerprint density at radius 2 is 2.15 bits per heavy atom. The fraction of sp³-hybridized carbons (Fsp3) is 0.636. The van der Waals surface area contributed by atoms with Gasteiger partial charge in [0.15, 0.2) is 5.69 Å². The number of aromatic nitrogens is 2. The monoisotopic (exact) mass is 291 g/mol. The number of nitrogens with one attached hydrogen (secondary N) is 1. The highest BCUT2D eigenvalue weighted by Crippen LogP contribution is 2.32. The molecule has 112 valence electrons. The van der Waals surface area contributed by atoms with Gasteiger partial charge in [-0.2, -0.15) is 18.2 Å². The lowest BCUT2D eigenvalue weighted by Gasteiger charge is -2.35. The zero-order valence-electron chi connectivity index (χ0n) is 10.7. The van der Waals surface area contributed by atoms with Crippen LogP contribution in [0.25, 0.3) is 0 Å². The number of hydrogen-bond donors (Lipinski definition) is 3. The molecule has 1 aliphatic heterocycles. The predicted octanol–water partition coefficient (Wildman–Crippen LogP) is 1.13. The summed E-state index contributed by atoms with van der Waals surface area (Å²) >= 11 is 0. The molecule has 9 heteroatoms. The normalized spacial score (nSPS) is 20.1. The van der Waals surface area contributed by atoms with Crippen molar-refractivity contribution in [1.82, 2.24) is 9.97 Å². The summed E-state index contributed by atoms with van der Waals surface area (Å²) in [5, 5.41) is 9.33. The van der Waals surface area contributed by atoms with Crippen molar-refractivity contribution < 1.29 is 18.3 Å². The number of piperidine rings is 1. The Balaban J connectivity index is 2.39. The lowest BCUT2D eigenvalue weighted by Crippen LogP contribution is -2.42. The molecule has 2 heterocycles. The first-order valence-electron chi connectivity index (χ1n) is 6.26. The second-order valence-corrected chi connectivity index (χ2v) is 4.60. The van der Waals surface area contributed by atoms with Crippen LogP contribution in [0, 0.1) is 0 Å². The molecular formula is C11H16F3N5O. The molecule has 6 nitrogen and oxygen atoms in total. The van der Waals surface area contributed by atoms with Gasteiger partial charge in [0, 0.05) is 12.6 Å². The van der Waals surface area contributed by atoms with Gasteiger partial charge in [-0.15, -0.1) is 0 Å². The third-order valence-corrected chi connectivity index (χ3v) is 3.26. The van der Waals surface area contributed by atoms with Crippen molar-refractivity contribution in [3.63, 3.8) is 0 Å². The molecule has 0 amide bonds. The van der Waals surface area contributed by atoms with E-state index >= 15 is 0 Å². The van der Waals surface area contributed by atoms with Crippen LogP contribution in [0.5, 0.6) is 0 Å². The maximum Gasteiger partial charge on any atom is 0.433 e. The van der Waals surface area contributed by atoms with Crippen molar-refractivity contribution >= 4 is 11.8 Å². The van der Waals surface area contributed by atoms with Crippen molar-refractivity contribution in [2.24, 2.45) is 5.84 Å². The molecule has 1 aromatic rings. The highest BCUT2D eigenvalue weighted by atomic mass is 19.4. The molecule has 1 fully saturated rings. The molecule has 4 N–H and O–H groups in total. The molecule has 1 atom stereocenters. The van der Waals surface area contributed by atoms with Crippen molar-refractivity contribution in [3.8, 4) is 0 Å². The summed E-state index contributed by atoms with van der Waals surface area (Å²) < 4.78 is 38.4. The van der Waals surface area contributed by atoms with E-state index in [1.807, 2.05) is 5.43 Å². The SMILES string of the molecule is NNc1nc(N2CCCCC2CO)cc(C(F)(F)F)n1.